The number of anilines is 1. The molecule has 0 aliphatic carbocycles. The highest BCUT2D eigenvalue weighted by Crippen LogP contribution is 2.27. The molecule has 174 valence electrons. The second-order valence-electron chi connectivity index (χ2n) is 9.10. The van der Waals surface area contributed by atoms with Crippen LogP contribution in [0.15, 0.2) is 42.1 Å². The molecule has 8 nitrogen and oxygen atoms in total. The zero-order chi connectivity index (χ0) is 24.1. The summed E-state index contributed by atoms with van der Waals surface area (Å²) < 4.78 is 7.13. The van der Waals surface area contributed by atoms with Gasteiger partial charge in [0.1, 0.15) is 5.60 Å². The molecule has 1 aliphatic heterocycles. The fourth-order valence-corrected chi connectivity index (χ4v) is 3.47. The molecule has 1 aromatic heterocycles. The molecular weight excluding hydrogens is 406 g/mol. The minimum Gasteiger partial charge on any atom is -0.444 e. The van der Waals surface area contributed by atoms with E-state index in [0.29, 0.717) is 23.5 Å². The van der Waals surface area contributed by atoms with Crippen molar-refractivity contribution in [3.63, 3.8) is 0 Å². The molecule has 0 aromatic carbocycles. The third-order valence-electron chi connectivity index (χ3n) is 5.04. The van der Waals surface area contributed by atoms with Crippen molar-refractivity contribution in [2.45, 2.75) is 52.7 Å². The first kappa shape index (κ1) is 25.1. The molecule has 2 N–H and O–H groups in total. The lowest BCUT2D eigenvalue weighted by atomic mass is 9.92. The third kappa shape index (κ3) is 6.42. The molecular formula is C24H35N5O3. The fourth-order valence-electron chi connectivity index (χ4n) is 3.47. The molecule has 0 saturated heterocycles. The molecule has 0 saturated carbocycles. The van der Waals surface area contributed by atoms with Gasteiger partial charge in [-0.25, -0.2) is 4.79 Å². The molecule has 0 bridgehead atoms. The smallest absolute Gasteiger partial charge is 0.408 e. The number of fused-ring (bicyclic) bond motifs is 1. The van der Waals surface area contributed by atoms with Crippen molar-refractivity contribution in [3.05, 3.63) is 42.8 Å². The molecule has 32 heavy (non-hydrogen) atoms. The third-order valence-corrected chi connectivity index (χ3v) is 5.04. The van der Waals surface area contributed by atoms with Gasteiger partial charge in [-0.2, -0.15) is 5.10 Å². The SMILES string of the molecule is C=C/C1=C\C(=N/C)[C@@H](NC(=O)OC(C)(C)C)C/C=C/[C@@H](C(C)C)C(=O)Nc2cnn(C)c21. The Morgan fingerprint density at radius 3 is 2.69 bits per heavy atom. The van der Waals surface area contributed by atoms with Gasteiger partial charge in [0.25, 0.3) is 0 Å². The molecule has 0 spiro atoms. The number of aromatic nitrogens is 2. The molecule has 8 heteroatoms. The largest absolute Gasteiger partial charge is 0.444 e. The second-order valence-corrected chi connectivity index (χ2v) is 9.10. The number of aryl methyl sites for hydroxylation is 1. The number of carbonyl (C=O) groups is 2. The van der Waals surface area contributed by atoms with Gasteiger partial charge < -0.3 is 15.4 Å². The summed E-state index contributed by atoms with van der Waals surface area (Å²) in [6.45, 7) is 13.4. The lowest BCUT2D eigenvalue weighted by Crippen LogP contribution is -2.43. The second kappa shape index (κ2) is 10.4. The number of nitrogens with zero attached hydrogens (tertiary/aromatic N) is 3. The van der Waals surface area contributed by atoms with E-state index in [1.807, 2.05) is 52.8 Å². The Labute approximate surface area is 190 Å². The minimum absolute atomic E-state index is 0.0836. The number of nitrogens with one attached hydrogen (secondary N) is 2. The van der Waals surface area contributed by atoms with Gasteiger partial charge in [-0.15, -0.1) is 0 Å². The Kier molecular flexibility index (Phi) is 8.19. The summed E-state index contributed by atoms with van der Waals surface area (Å²) in [5.41, 5.74) is 2.05. The Bertz CT molecular complexity index is 947. The standard InChI is InChI=1S/C24H35N5O3/c1-9-16-13-19(25-7)18(28-23(31)32-24(4,5)6)12-10-11-17(15(2)3)22(30)27-20-14-26-29(8)21(16)20/h9-11,13-15,17-18H,1,12H2,2-8H3,(H,27,30)(H,28,31)/b11-10+,16-13+,25-19+/t17-,18-/m0/s1. The predicted molar refractivity (Wildman–Crippen MR) is 129 cm³/mol. The summed E-state index contributed by atoms with van der Waals surface area (Å²) in [6, 6.07) is -0.451. The Balaban J connectivity index is 2.58. The van der Waals surface area contributed by atoms with E-state index in [1.165, 1.54) is 0 Å². The normalized spacial score (nSPS) is 23.8. The van der Waals surface area contributed by atoms with Gasteiger partial charge in [0.05, 0.1) is 35.2 Å². The van der Waals surface area contributed by atoms with Crippen molar-refractivity contribution in [1.29, 1.82) is 0 Å². The van der Waals surface area contributed by atoms with Gasteiger partial charge in [-0.3, -0.25) is 14.5 Å². The summed E-state index contributed by atoms with van der Waals surface area (Å²) in [4.78, 5) is 30.0. The average molecular weight is 442 g/mol. The first-order valence-corrected chi connectivity index (χ1v) is 10.8. The average Bonchev–Trinajstić information content (AvgIpc) is 3.03. The van der Waals surface area contributed by atoms with Gasteiger partial charge >= 0.3 is 6.09 Å². The van der Waals surface area contributed by atoms with Crippen LogP contribution < -0.4 is 10.6 Å². The number of carbonyl (C=O) groups excluding carboxylic acids is 2. The highest BCUT2D eigenvalue weighted by atomic mass is 16.6. The Hall–Kier alpha value is -3.16. The van der Waals surface area contributed by atoms with E-state index in [2.05, 4.69) is 27.3 Å². The lowest BCUT2D eigenvalue weighted by molar-refractivity contribution is -0.119. The van der Waals surface area contributed by atoms with Crippen LogP contribution in [0, 0.1) is 11.8 Å². The van der Waals surface area contributed by atoms with Crippen LogP contribution in [-0.4, -0.2) is 46.2 Å². The quantitative estimate of drug-likeness (QED) is 0.689. The Morgan fingerprint density at radius 1 is 1.44 bits per heavy atom. The summed E-state index contributed by atoms with van der Waals surface area (Å²) in [6.07, 6.45) is 8.86. The molecule has 0 fully saturated rings. The van der Waals surface area contributed by atoms with E-state index in [-0.39, 0.29) is 17.7 Å². The molecule has 2 heterocycles. The van der Waals surface area contributed by atoms with Crippen LogP contribution in [0.25, 0.3) is 5.57 Å². The molecule has 2 amide bonds. The van der Waals surface area contributed by atoms with Crippen molar-refractivity contribution in [2.24, 2.45) is 23.9 Å². The fraction of sp³-hybridized carbons (Fsp3) is 0.500. The summed E-state index contributed by atoms with van der Waals surface area (Å²) in [7, 11) is 3.47. The van der Waals surface area contributed by atoms with Crippen molar-refractivity contribution in [3.8, 4) is 0 Å². The summed E-state index contributed by atoms with van der Waals surface area (Å²) >= 11 is 0. The van der Waals surface area contributed by atoms with E-state index < -0.39 is 17.7 Å². The number of hydrogen-bond acceptors (Lipinski definition) is 5. The van der Waals surface area contributed by atoms with E-state index in [1.54, 1.807) is 31.1 Å². The van der Waals surface area contributed by atoms with Crippen LogP contribution in [0.4, 0.5) is 10.5 Å². The number of ether oxygens (including phenoxy) is 1. The van der Waals surface area contributed by atoms with Gasteiger partial charge in [-0.1, -0.05) is 38.7 Å². The molecule has 2 atom stereocenters. The summed E-state index contributed by atoms with van der Waals surface area (Å²) in [5.74, 6) is -0.376. The van der Waals surface area contributed by atoms with Crippen LogP contribution in [0.1, 0.15) is 46.7 Å². The zero-order valence-corrected chi connectivity index (χ0v) is 20.1. The lowest BCUT2D eigenvalue weighted by Gasteiger charge is -2.24. The minimum atomic E-state index is -0.624. The number of allylic oxidation sites excluding steroid dienone is 2. The van der Waals surface area contributed by atoms with E-state index in [9.17, 15) is 9.59 Å². The van der Waals surface area contributed by atoms with Crippen molar-refractivity contribution < 1.29 is 14.3 Å². The van der Waals surface area contributed by atoms with Gasteiger partial charge in [0.2, 0.25) is 5.91 Å². The zero-order valence-electron chi connectivity index (χ0n) is 20.1. The van der Waals surface area contributed by atoms with Crippen LogP contribution in [0.2, 0.25) is 0 Å². The molecule has 1 aromatic rings. The first-order chi connectivity index (χ1) is 15.0. The van der Waals surface area contributed by atoms with Crippen LogP contribution in [-0.2, 0) is 16.6 Å². The molecule has 0 unspecified atom stereocenters. The Morgan fingerprint density at radius 2 is 2.12 bits per heavy atom. The maximum Gasteiger partial charge on any atom is 0.408 e. The van der Waals surface area contributed by atoms with Crippen molar-refractivity contribution in [2.75, 3.05) is 12.4 Å². The number of hydrogen-bond donors (Lipinski definition) is 2. The van der Waals surface area contributed by atoms with Gasteiger partial charge in [0, 0.05) is 19.7 Å². The van der Waals surface area contributed by atoms with Crippen molar-refractivity contribution >= 4 is 29.0 Å². The predicted octanol–water partition coefficient (Wildman–Crippen LogP) is 4.12. The number of aliphatic imine (C=N–C) groups is 1. The maximum absolute atomic E-state index is 13.0. The number of alkyl carbamates (subject to hydrolysis) is 1. The highest BCUT2D eigenvalue weighted by Gasteiger charge is 2.25. The van der Waals surface area contributed by atoms with Crippen LogP contribution >= 0.6 is 0 Å². The van der Waals surface area contributed by atoms with Gasteiger partial charge in [-0.05, 0) is 39.2 Å². The van der Waals surface area contributed by atoms with Crippen LogP contribution in [0.5, 0.6) is 0 Å². The topological polar surface area (TPSA) is 97.6 Å². The van der Waals surface area contributed by atoms with E-state index in [0.717, 1.165) is 5.57 Å². The number of rotatable bonds is 3. The molecule has 1 aliphatic rings. The molecule has 2 rings (SSSR count). The number of amides is 2. The first-order valence-electron chi connectivity index (χ1n) is 10.8. The van der Waals surface area contributed by atoms with Gasteiger partial charge in [0.15, 0.2) is 0 Å². The van der Waals surface area contributed by atoms with Crippen molar-refractivity contribution in [1.82, 2.24) is 15.1 Å². The van der Waals surface area contributed by atoms with E-state index in [4.69, 9.17) is 4.74 Å². The molecule has 0 radical (unpaired) electrons. The highest BCUT2D eigenvalue weighted by molar-refractivity contribution is 6.08. The summed E-state index contributed by atoms with van der Waals surface area (Å²) in [5, 5.41) is 10.2. The van der Waals surface area contributed by atoms with Crippen LogP contribution in [0.3, 0.4) is 0 Å². The monoisotopic (exact) mass is 441 g/mol. The van der Waals surface area contributed by atoms with E-state index >= 15 is 0 Å². The maximum atomic E-state index is 13.0.